The maximum atomic E-state index is 13.4. The molecule has 0 amide bonds. The molecule has 0 fully saturated rings. The molecule has 0 aliphatic rings. The highest BCUT2D eigenvalue weighted by atomic mass is 32.2. The molecular formula is C16H15FN2OS. The number of hydrogen-bond acceptors (Lipinski definition) is 4. The average molecular weight is 302 g/mol. The Hall–Kier alpha value is -1.85. The highest BCUT2D eigenvalue weighted by molar-refractivity contribution is 7.99. The summed E-state index contributed by atoms with van der Waals surface area (Å²) in [5.41, 5.74) is 8.43. The van der Waals surface area contributed by atoms with E-state index < -0.39 is 0 Å². The number of thioether (sulfide) groups is 1. The van der Waals surface area contributed by atoms with Crippen molar-refractivity contribution in [2.24, 2.45) is 5.73 Å². The third kappa shape index (κ3) is 3.09. The molecule has 3 nitrogen and oxygen atoms in total. The summed E-state index contributed by atoms with van der Waals surface area (Å²) < 4.78 is 19.1. The summed E-state index contributed by atoms with van der Waals surface area (Å²) in [5, 5.41) is 0.427. The van der Waals surface area contributed by atoms with E-state index in [0.717, 1.165) is 16.7 Å². The molecule has 21 heavy (non-hydrogen) atoms. The van der Waals surface area contributed by atoms with Gasteiger partial charge >= 0.3 is 0 Å². The molecule has 3 aromatic rings. The summed E-state index contributed by atoms with van der Waals surface area (Å²) in [7, 11) is 0. The van der Waals surface area contributed by atoms with Crippen LogP contribution in [-0.4, -0.2) is 11.0 Å². The van der Waals surface area contributed by atoms with Gasteiger partial charge in [-0.15, -0.1) is 0 Å². The molecule has 0 saturated heterocycles. The molecule has 108 valence electrons. The molecule has 0 radical (unpaired) electrons. The summed E-state index contributed by atoms with van der Waals surface area (Å²) in [5.74, 6) is -0.267. The van der Waals surface area contributed by atoms with Crippen LogP contribution in [0.4, 0.5) is 4.39 Å². The van der Waals surface area contributed by atoms with Gasteiger partial charge in [0.2, 0.25) is 0 Å². The van der Waals surface area contributed by atoms with E-state index in [1.54, 1.807) is 6.07 Å². The summed E-state index contributed by atoms with van der Waals surface area (Å²) in [6.07, 6.45) is 0. The molecule has 2 atom stereocenters. The van der Waals surface area contributed by atoms with Crippen LogP contribution in [0.15, 0.2) is 58.2 Å². The first-order valence-corrected chi connectivity index (χ1v) is 7.55. The van der Waals surface area contributed by atoms with Crippen molar-refractivity contribution < 1.29 is 8.81 Å². The Labute approximate surface area is 126 Å². The van der Waals surface area contributed by atoms with Crippen LogP contribution in [0.3, 0.4) is 0 Å². The van der Waals surface area contributed by atoms with Crippen molar-refractivity contribution in [3.63, 3.8) is 0 Å². The topological polar surface area (TPSA) is 52.0 Å². The molecule has 0 saturated carbocycles. The average Bonchev–Trinajstić information content (AvgIpc) is 2.87. The summed E-state index contributed by atoms with van der Waals surface area (Å²) in [6.45, 7) is 1.89. The van der Waals surface area contributed by atoms with E-state index in [1.807, 2.05) is 37.3 Å². The Morgan fingerprint density at radius 1 is 1.19 bits per heavy atom. The minimum atomic E-state index is -0.267. The lowest BCUT2D eigenvalue weighted by atomic mass is 10.1. The number of halogens is 1. The fraction of sp³-hybridized carbons (Fsp3) is 0.188. The van der Waals surface area contributed by atoms with E-state index >= 15 is 0 Å². The van der Waals surface area contributed by atoms with Crippen LogP contribution in [-0.2, 0) is 0 Å². The number of nitrogens with two attached hydrogens (primary N) is 1. The minimum absolute atomic E-state index is 0.117. The number of oxazole rings is 1. The third-order valence-electron chi connectivity index (χ3n) is 3.16. The molecule has 1 heterocycles. The van der Waals surface area contributed by atoms with Crippen molar-refractivity contribution in [2.75, 3.05) is 0 Å². The van der Waals surface area contributed by atoms with Crippen molar-refractivity contribution in [3.05, 3.63) is 59.9 Å². The zero-order valence-electron chi connectivity index (χ0n) is 11.5. The first-order chi connectivity index (χ1) is 10.1. The van der Waals surface area contributed by atoms with Crippen LogP contribution in [0.5, 0.6) is 0 Å². The van der Waals surface area contributed by atoms with Crippen molar-refractivity contribution >= 4 is 22.9 Å². The maximum Gasteiger partial charge on any atom is 0.257 e. The number of hydrogen-bond donors (Lipinski definition) is 1. The second kappa shape index (κ2) is 5.87. The monoisotopic (exact) mass is 302 g/mol. The van der Waals surface area contributed by atoms with Crippen molar-refractivity contribution in [1.82, 2.24) is 4.98 Å². The Bertz CT molecular complexity index is 724. The molecule has 0 spiro atoms. The maximum absolute atomic E-state index is 13.4. The lowest BCUT2D eigenvalue weighted by Gasteiger charge is -2.18. The zero-order valence-corrected chi connectivity index (χ0v) is 12.3. The van der Waals surface area contributed by atoms with Crippen molar-refractivity contribution in [1.29, 1.82) is 0 Å². The van der Waals surface area contributed by atoms with E-state index in [-0.39, 0.29) is 17.1 Å². The smallest absolute Gasteiger partial charge is 0.257 e. The predicted molar refractivity (Wildman–Crippen MR) is 82.7 cm³/mol. The van der Waals surface area contributed by atoms with Crippen LogP contribution in [0.2, 0.25) is 0 Å². The molecule has 0 aliphatic carbocycles. The molecule has 3 rings (SSSR count). The fourth-order valence-electron chi connectivity index (χ4n) is 2.17. The number of nitrogens with zero attached hydrogens (tertiary/aromatic N) is 1. The van der Waals surface area contributed by atoms with E-state index in [4.69, 9.17) is 10.2 Å². The second-order valence-corrected chi connectivity index (χ2v) is 5.99. The first kappa shape index (κ1) is 14.1. The van der Waals surface area contributed by atoms with E-state index in [0.29, 0.717) is 5.22 Å². The largest absolute Gasteiger partial charge is 0.431 e. The number of fused-ring (bicyclic) bond motifs is 1. The minimum Gasteiger partial charge on any atom is -0.431 e. The van der Waals surface area contributed by atoms with Gasteiger partial charge in [-0.05, 0) is 36.8 Å². The summed E-state index contributed by atoms with van der Waals surface area (Å²) in [6, 6.07) is 13.9. The van der Waals surface area contributed by atoms with Crippen LogP contribution in [0.1, 0.15) is 17.7 Å². The van der Waals surface area contributed by atoms with Gasteiger partial charge in [0.15, 0.2) is 5.58 Å². The van der Waals surface area contributed by atoms with Gasteiger partial charge in [0, 0.05) is 6.04 Å². The van der Waals surface area contributed by atoms with Gasteiger partial charge in [-0.25, -0.2) is 9.37 Å². The number of benzene rings is 2. The van der Waals surface area contributed by atoms with Crippen LogP contribution < -0.4 is 5.73 Å². The van der Waals surface area contributed by atoms with Gasteiger partial charge in [0.25, 0.3) is 5.22 Å². The number of para-hydroxylation sites is 2. The molecule has 2 N–H and O–H groups in total. The van der Waals surface area contributed by atoms with Crippen molar-refractivity contribution in [3.8, 4) is 0 Å². The highest BCUT2D eigenvalue weighted by Crippen LogP contribution is 2.38. The highest BCUT2D eigenvalue weighted by Gasteiger charge is 2.21. The lowest BCUT2D eigenvalue weighted by molar-refractivity contribution is 0.486. The molecule has 0 bridgehead atoms. The van der Waals surface area contributed by atoms with E-state index in [2.05, 4.69) is 4.98 Å². The van der Waals surface area contributed by atoms with Gasteiger partial charge in [-0.3, -0.25) is 0 Å². The summed E-state index contributed by atoms with van der Waals surface area (Å²) in [4.78, 5) is 4.43. The Morgan fingerprint density at radius 3 is 2.71 bits per heavy atom. The number of aromatic nitrogens is 1. The molecule has 2 unspecified atom stereocenters. The van der Waals surface area contributed by atoms with Gasteiger partial charge in [0.05, 0.1) is 5.25 Å². The van der Waals surface area contributed by atoms with Crippen LogP contribution in [0, 0.1) is 5.82 Å². The van der Waals surface area contributed by atoms with Crippen molar-refractivity contribution in [2.45, 2.75) is 23.4 Å². The van der Waals surface area contributed by atoms with E-state index in [1.165, 1.54) is 23.9 Å². The van der Waals surface area contributed by atoms with Gasteiger partial charge in [-0.2, -0.15) is 0 Å². The zero-order chi connectivity index (χ0) is 14.8. The molecule has 5 heteroatoms. The van der Waals surface area contributed by atoms with Gasteiger partial charge < -0.3 is 10.2 Å². The molecule has 0 aliphatic heterocycles. The Morgan fingerprint density at radius 2 is 2.00 bits per heavy atom. The third-order valence-corrected chi connectivity index (χ3v) is 4.49. The quantitative estimate of drug-likeness (QED) is 0.736. The normalized spacial score (nSPS) is 14.2. The predicted octanol–water partition coefficient (Wildman–Crippen LogP) is 4.15. The van der Waals surface area contributed by atoms with Gasteiger partial charge in [-0.1, -0.05) is 36.0 Å². The van der Waals surface area contributed by atoms with Gasteiger partial charge in [0.1, 0.15) is 11.3 Å². The van der Waals surface area contributed by atoms with Crippen LogP contribution in [0.25, 0.3) is 11.1 Å². The lowest BCUT2D eigenvalue weighted by Crippen LogP contribution is -2.22. The standard InChI is InChI=1S/C16H15FN2OS/c1-10(18)15(11-5-4-6-12(17)9-11)21-16-19-13-7-2-3-8-14(13)20-16/h2-10,15H,18H2,1H3. The van der Waals surface area contributed by atoms with Crippen LogP contribution >= 0.6 is 11.8 Å². The molecule has 1 aromatic heterocycles. The first-order valence-electron chi connectivity index (χ1n) is 6.67. The van der Waals surface area contributed by atoms with E-state index in [9.17, 15) is 4.39 Å². The Balaban J connectivity index is 1.91. The Kier molecular flexibility index (Phi) is 3.94. The molecule has 2 aromatic carbocycles. The fourth-order valence-corrected chi connectivity index (χ4v) is 3.18. The summed E-state index contributed by atoms with van der Waals surface area (Å²) >= 11 is 1.41. The second-order valence-electron chi connectivity index (χ2n) is 4.90. The SMILES string of the molecule is CC(N)C(Sc1nc2ccccc2o1)c1cccc(F)c1. The number of rotatable bonds is 4. The molecular weight excluding hydrogens is 287 g/mol.